The van der Waals surface area contributed by atoms with Crippen LogP contribution in [0.25, 0.3) is 0 Å². The molecule has 0 fully saturated rings. The highest BCUT2D eigenvalue weighted by molar-refractivity contribution is 6.60. The lowest BCUT2D eigenvalue weighted by Gasteiger charge is -2.23. The molecular formula is C10H24O5Si. The summed E-state index contributed by atoms with van der Waals surface area (Å²) >= 11 is 0. The second-order valence-electron chi connectivity index (χ2n) is 3.54. The first-order chi connectivity index (χ1) is 7.39. The summed E-state index contributed by atoms with van der Waals surface area (Å²) in [6.07, 6.45) is 1.03. The summed E-state index contributed by atoms with van der Waals surface area (Å²) in [5.41, 5.74) is 0. The molecule has 0 aliphatic heterocycles. The summed E-state index contributed by atoms with van der Waals surface area (Å²) < 4.78 is 15.5. The van der Waals surface area contributed by atoms with Crippen LogP contribution in [0.4, 0.5) is 0 Å². The normalized spacial score (nSPS) is 10.9. The molecular weight excluding hydrogens is 228 g/mol. The minimum absolute atomic E-state index is 0.231. The van der Waals surface area contributed by atoms with Crippen LogP contribution in [0.1, 0.15) is 27.2 Å². The van der Waals surface area contributed by atoms with E-state index in [-0.39, 0.29) is 5.92 Å². The van der Waals surface area contributed by atoms with Gasteiger partial charge < -0.3 is 18.4 Å². The fourth-order valence-electron chi connectivity index (χ4n) is 0.862. The zero-order chi connectivity index (χ0) is 13.2. The molecule has 6 heteroatoms. The van der Waals surface area contributed by atoms with E-state index < -0.39 is 14.8 Å². The Morgan fingerprint density at radius 3 is 1.56 bits per heavy atom. The van der Waals surface area contributed by atoms with Crippen LogP contribution in [0.3, 0.4) is 0 Å². The number of carboxylic acids is 1. The Bertz CT molecular complexity index is 172. The first-order valence-corrected chi connectivity index (χ1v) is 7.20. The lowest BCUT2D eigenvalue weighted by molar-refractivity contribution is -0.140. The molecule has 98 valence electrons. The molecule has 0 saturated carbocycles. The van der Waals surface area contributed by atoms with E-state index >= 15 is 0 Å². The third kappa shape index (κ3) is 7.81. The van der Waals surface area contributed by atoms with Gasteiger partial charge in [0.05, 0.1) is 5.92 Å². The molecule has 0 aromatic rings. The summed E-state index contributed by atoms with van der Waals surface area (Å²) in [6, 6.07) is 0.885. The highest BCUT2D eigenvalue weighted by Gasteiger charge is 2.36. The molecule has 0 atom stereocenters. The van der Waals surface area contributed by atoms with Crippen molar-refractivity contribution in [1.82, 2.24) is 0 Å². The largest absolute Gasteiger partial charge is 0.500 e. The van der Waals surface area contributed by atoms with Crippen molar-refractivity contribution in [3.8, 4) is 0 Å². The van der Waals surface area contributed by atoms with Gasteiger partial charge in [-0.1, -0.05) is 27.2 Å². The summed E-state index contributed by atoms with van der Waals surface area (Å²) in [5.74, 6) is -0.972. The van der Waals surface area contributed by atoms with Crippen molar-refractivity contribution in [2.24, 2.45) is 5.92 Å². The minimum Gasteiger partial charge on any atom is -0.481 e. The molecule has 0 unspecified atom stereocenters. The van der Waals surface area contributed by atoms with E-state index in [2.05, 4.69) is 6.92 Å². The minimum atomic E-state index is -2.22. The third-order valence-electron chi connectivity index (χ3n) is 1.98. The lowest BCUT2D eigenvalue weighted by Crippen LogP contribution is -2.42. The molecule has 0 rings (SSSR count). The van der Waals surface area contributed by atoms with E-state index in [1.807, 2.05) is 0 Å². The van der Waals surface area contributed by atoms with E-state index in [0.29, 0.717) is 0 Å². The first-order valence-electron chi connectivity index (χ1n) is 5.27. The Morgan fingerprint density at radius 1 is 1.19 bits per heavy atom. The van der Waals surface area contributed by atoms with Crippen LogP contribution in [-0.4, -0.2) is 41.2 Å². The molecule has 0 saturated heterocycles. The predicted molar refractivity (Wildman–Crippen MR) is 64.4 cm³/mol. The van der Waals surface area contributed by atoms with Crippen LogP contribution >= 0.6 is 0 Å². The molecule has 16 heavy (non-hydrogen) atoms. The van der Waals surface area contributed by atoms with E-state index in [9.17, 15) is 4.79 Å². The number of rotatable bonds is 6. The van der Waals surface area contributed by atoms with Crippen molar-refractivity contribution in [2.45, 2.75) is 33.2 Å². The van der Waals surface area contributed by atoms with Gasteiger partial charge >= 0.3 is 14.8 Å². The van der Waals surface area contributed by atoms with Gasteiger partial charge in [-0.05, 0) is 0 Å². The van der Waals surface area contributed by atoms with Crippen LogP contribution in [-0.2, 0) is 18.1 Å². The Hall–Kier alpha value is -0.433. The Kier molecular flexibility index (Phi) is 11.0. The van der Waals surface area contributed by atoms with Crippen molar-refractivity contribution in [3.05, 3.63) is 0 Å². The van der Waals surface area contributed by atoms with Crippen LogP contribution in [0.5, 0.6) is 0 Å². The quantitative estimate of drug-likeness (QED) is 0.732. The van der Waals surface area contributed by atoms with Gasteiger partial charge in [0, 0.05) is 27.4 Å². The summed E-state index contributed by atoms with van der Waals surface area (Å²) in [7, 11) is 2.68. The van der Waals surface area contributed by atoms with Gasteiger partial charge in [0.25, 0.3) is 0 Å². The molecule has 0 aromatic carbocycles. The number of aliphatic carboxylic acids is 1. The molecule has 1 N–H and O–H groups in total. The van der Waals surface area contributed by atoms with Gasteiger partial charge in [0.1, 0.15) is 0 Å². The first kappa shape index (κ1) is 17.9. The number of hydrogen-bond donors (Lipinski definition) is 1. The average molecular weight is 252 g/mol. The molecule has 0 bridgehead atoms. The van der Waals surface area contributed by atoms with Crippen LogP contribution in [0.15, 0.2) is 0 Å². The average Bonchev–Trinajstić information content (AvgIpc) is 2.27. The summed E-state index contributed by atoms with van der Waals surface area (Å²) in [6.45, 7) is 5.36. The second-order valence-corrected chi connectivity index (χ2v) is 6.63. The Balaban J connectivity index is 0. The maximum Gasteiger partial charge on any atom is 0.500 e. The van der Waals surface area contributed by atoms with E-state index in [0.717, 1.165) is 12.5 Å². The highest BCUT2D eigenvalue weighted by atomic mass is 28.4. The van der Waals surface area contributed by atoms with Gasteiger partial charge in [-0.3, -0.25) is 4.79 Å². The van der Waals surface area contributed by atoms with Gasteiger partial charge in [0.15, 0.2) is 0 Å². The third-order valence-corrected chi connectivity index (χ3v) is 4.96. The van der Waals surface area contributed by atoms with Crippen LogP contribution < -0.4 is 0 Å². The van der Waals surface area contributed by atoms with Crippen molar-refractivity contribution in [3.63, 3.8) is 0 Å². The SMILES string of the molecule is CC(C)C(=O)O.CCC[Si](OC)(OC)OC. The van der Waals surface area contributed by atoms with Crippen molar-refractivity contribution >= 4 is 14.8 Å². The van der Waals surface area contributed by atoms with Gasteiger partial charge in [-0.2, -0.15) is 0 Å². The van der Waals surface area contributed by atoms with Gasteiger partial charge in [0.2, 0.25) is 0 Å². The summed E-state index contributed by atoms with van der Waals surface area (Å²) in [5, 5.41) is 7.99. The molecule has 0 spiro atoms. The zero-order valence-electron chi connectivity index (χ0n) is 11.1. The van der Waals surface area contributed by atoms with Gasteiger partial charge in [-0.15, -0.1) is 0 Å². The van der Waals surface area contributed by atoms with Crippen molar-refractivity contribution in [2.75, 3.05) is 21.3 Å². The van der Waals surface area contributed by atoms with E-state index in [4.69, 9.17) is 18.4 Å². The number of hydrogen-bond acceptors (Lipinski definition) is 4. The Labute approximate surface area is 99.1 Å². The molecule has 0 amide bonds. The number of carboxylic acid groups (broad SMARTS) is 1. The molecule has 0 aromatic heterocycles. The van der Waals surface area contributed by atoms with E-state index in [1.54, 1.807) is 35.2 Å². The maximum absolute atomic E-state index is 9.70. The fraction of sp³-hybridized carbons (Fsp3) is 0.900. The molecule has 0 aliphatic carbocycles. The van der Waals surface area contributed by atoms with Gasteiger partial charge in [-0.25, -0.2) is 0 Å². The second kappa shape index (κ2) is 9.77. The van der Waals surface area contributed by atoms with E-state index in [1.165, 1.54) is 0 Å². The monoisotopic (exact) mass is 252 g/mol. The molecule has 0 aliphatic rings. The zero-order valence-corrected chi connectivity index (χ0v) is 12.1. The topological polar surface area (TPSA) is 65.0 Å². The fourth-order valence-corrected chi connectivity index (χ4v) is 2.59. The molecule has 5 nitrogen and oxygen atoms in total. The molecule has 0 heterocycles. The van der Waals surface area contributed by atoms with Crippen LogP contribution in [0.2, 0.25) is 6.04 Å². The summed E-state index contributed by atoms with van der Waals surface area (Å²) in [4.78, 5) is 9.70. The number of carbonyl (C=O) groups is 1. The maximum atomic E-state index is 9.70. The Morgan fingerprint density at radius 2 is 1.50 bits per heavy atom. The molecule has 0 radical (unpaired) electrons. The highest BCUT2D eigenvalue weighted by Crippen LogP contribution is 2.13. The van der Waals surface area contributed by atoms with Crippen molar-refractivity contribution in [1.29, 1.82) is 0 Å². The van der Waals surface area contributed by atoms with Crippen LogP contribution in [0, 0.1) is 5.92 Å². The lowest BCUT2D eigenvalue weighted by atomic mass is 10.2. The standard InChI is InChI=1S/C6H16O3Si.C4H8O2/c1-5-6-10(7-2,8-3)9-4;1-3(2)4(5)6/h5-6H2,1-4H3;3H,1-2H3,(H,5,6). The van der Waals surface area contributed by atoms with Crippen molar-refractivity contribution < 1.29 is 23.2 Å². The smallest absolute Gasteiger partial charge is 0.481 e. The predicted octanol–water partition coefficient (Wildman–Crippen LogP) is 2.00.